The average Bonchev–Trinajstić information content (AvgIpc) is 2.51. The molecule has 2 aromatic rings. The van der Waals surface area contributed by atoms with Crippen LogP contribution in [-0.4, -0.2) is 10.9 Å². The lowest BCUT2D eigenvalue weighted by atomic mass is 10.1. The highest BCUT2D eigenvalue weighted by molar-refractivity contribution is 5.95. The zero-order valence-corrected chi connectivity index (χ0v) is 12.0. The number of phenolic OH excluding ortho intramolecular Hbond substituents is 1. The van der Waals surface area contributed by atoms with Crippen LogP contribution in [0.3, 0.4) is 0 Å². The van der Waals surface area contributed by atoms with Gasteiger partial charge in [-0.25, -0.2) is 0 Å². The van der Waals surface area contributed by atoms with E-state index >= 15 is 0 Å². The van der Waals surface area contributed by atoms with Crippen molar-refractivity contribution in [2.45, 2.75) is 19.8 Å². The topological polar surface area (TPSA) is 46.5 Å². The Morgan fingerprint density at radius 2 is 1.95 bits per heavy atom. The van der Waals surface area contributed by atoms with Crippen LogP contribution in [0.4, 0.5) is 0 Å². The minimum atomic E-state index is 0.0948. The molecule has 1 N–H and O–H groups in total. The van der Waals surface area contributed by atoms with E-state index in [1.165, 1.54) is 0 Å². The number of phenols is 1. The van der Waals surface area contributed by atoms with Crippen molar-refractivity contribution in [2.75, 3.05) is 0 Å². The third kappa shape index (κ3) is 3.51. The first-order valence-electron chi connectivity index (χ1n) is 6.88. The van der Waals surface area contributed by atoms with Crippen molar-refractivity contribution >= 4 is 5.78 Å². The van der Waals surface area contributed by atoms with Crippen LogP contribution in [0.2, 0.25) is 0 Å². The van der Waals surface area contributed by atoms with E-state index in [1.54, 1.807) is 36.4 Å². The Morgan fingerprint density at radius 1 is 1.24 bits per heavy atom. The van der Waals surface area contributed by atoms with E-state index in [-0.39, 0.29) is 11.5 Å². The molecule has 0 saturated heterocycles. The summed E-state index contributed by atoms with van der Waals surface area (Å²) in [5, 5.41) is 10.1. The van der Waals surface area contributed by atoms with E-state index in [0.29, 0.717) is 29.9 Å². The monoisotopic (exact) mass is 282 g/mol. The zero-order chi connectivity index (χ0) is 15.2. The molecule has 0 saturated carbocycles. The minimum absolute atomic E-state index is 0.0948. The molecular formula is C18H18O3. The first kappa shape index (κ1) is 14.9. The molecule has 3 nitrogen and oxygen atoms in total. The number of carbonyl (C=O) groups is 1. The predicted octanol–water partition coefficient (Wildman–Crippen LogP) is 4.51. The Kier molecular flexibility index (Phi) is 4.77. The van der Waals surface area contributed by atoms with Gasteiger partial charge in [0.15, 0.2) is 17.3 Å². The lowest BCUT2D eigenvalue weighted by Gasteiger charge is -2.10. The second kappa shape index (κ2) is 6.75. The van der Waals surface area contributed by atoms with Gasteiger partial charge >= 0.3 is 0 Å². The molecule has 0 heterocycles. The SMILES string of the molecule is C=CCc1cccc(Oc2ccc(C(=O)CC)cc2)c1O. The van der Waals surface area contributed by atoms with Gasteiger partial charge in [-0.15, -0.1) is 6.58 Å². The second-order valence-electron chi connectivity index (χ2n) is 4.66. The molecule has 0 atom stereocenters. The Hall–Kier alpha value is -2.55. The normalized spacial score (nSPS) is 10.1. The second-order valence-corrected chi connectivity index (χ2v) is 4.66. The van der Waals surface area contributed by atoms with E-state index < -0.39 is 0 Å². The van der Waals surface area contributed by atoms with E-state index in [2.05, 4.69) is 6.58 Å². The quantitative estimate of drug-likeness (QED) is 0.626. The fourth-order valence-corrected chi connectivity index (χ4v) is 2.01. The molecule has 0 aliphatic heterocycles. The van der Waals surface area contributed by atoms with Crippen LogP contribution < -0.4 is 4.74 Å². The van der Waals surface area contributed by atoms with Crippen molar-refractivity contribution in [3.8, 4) is 17.2 Å². The molecule has 0 aliphatic carbocycles. The summed E-state index contributed by atoms with van der Waals surface area (Å²) in [5.41, 5.74) is 1.43. The number of ketones is 1. The number of allylic oxidation sites excluding steroid dienone is 1. The van der Waals surface area contributed by atoms with Gasteiger partial charge in [0, 0.05) is 17.5 Å². The van der Waals surface area contributed by atoms with Crippen molar-refractivity contribution in [1.82, 2.24) is 0 Å². The number of carbonyl (C=O) groups excluding carboxylic acids is 1. The molecule has 2 aromatic carbocycles. The van der Waals surface area contributed by atoms with Gasteiger partial charge in [-0.2, -0.15) is 0 Å². The highest BCUT2D eigenvalue weighted by Crippen LogP contribution is 2.33. The molecule has 0 spiro atoms. The molecule has 0 aliphatic rings. The summed E-state index contributed by atoms with van der Waals surface area (Å²) in [6.45, 7) is 5.49. The minimum Gasteiger partial charge on any atom is -0.504 e. The molecule has 0 amide bonds. The zero-order valence-electron chi connectivity index (χ0n) is 12.0. The Bertz CT molecular complexity index is 642. The summed E-state index contributed by atoms with van der Waals surface area (Å²) in [6.07, 6.45) is 2.78. The van der Waals surface area contributed by atoms with Crippen molar-refractivity contribution in [1.29, 1.82) is 0 Å². The van der Waals surface area contributed by atoms with Crippen molar-refractivity contribution in [3.63, 3.8) is 0 Å². The standard InChI is InChI=1S/C18H18O3/c1-3-6-14-7-5-8-17(18(14)20)21-15-11-9-13(10-12-15)16(19)4-2/h3,5,7-12,20H,1,4,6H2,2H3. The Labute approximate surface area is 124 Å². The lowest BCUT2D eigenvalue weighted by molar-refractivity contribution is 0.0988. The molecule has 108 valence electrons. The number of hydrogen-bond donors (Lipinski definition) is 1. The number of rotatable bonds is 6. The molecular weight excluding hydrogens is 264 g/mol. The van der Waals surface area contributed by atoms with Gasteiger partial charge in [0.05, 0.1) is 0 Å². The van der Waals surface area contributed by atoms with E-state index in [0.717, 1.165) is 5.56 Å². The number of hydrogen-bond acceptors (Lipinski definition) is 3. The maximum absolute atomic E-state index is 11.6. The fraction of sp³-hybridized carbons (Fsp3) is 0.167. The summed E-state index contributed by atoms with van der Waals surface area (Å²) < 4.78 is 5.67. The highest BCUT2D eigenvalue weighted by atomic mass is 16.5. The van der Waals surface area contributed by atoms with Gasteiger partial charge in [-0.1, -0.05) is 25.1 Å². The smallest absolute Gasteiger partial charge is 0.169 e. The van der Waals surface area contributed by atoms with E-state index in [4.69, 9.17) is 4.74 Å². The van der Waals surface area contributed by atoms with Crippen LogP contribution >= 0.6 is 0 Å². The van der Waals surface area contributed by atoms with Gasteiger partial charge < -0.3 is 9.84 Å². The maximum atomic E-state index is 11.6. The summed E-state index contributed by atoms with van der Waals surface area (Å²) in [6, 6.07) is 12.3. The first-order valence-corrected chi connectivity index (χ1v) is 6.88. The molecule has 0 radical (unpaired) electrons. The van der Waals surface area contributed by atoms with Crippen LogP contribution in [0, 0.1) is 0 Å². The molecule has 3 heteroatoms. The molecule has 21 heavy (non-hydrogen) atoms. The summed E-state index contributed by atoms with van der Waals surface area (Å²) in [4.78, 5) is 11.6. The van der Waals surface area contributed by atoms with Gasteiger partial charge in [0.1, 0.15) is 5.75 Å². The van der Waals surface area contributed by atoms with Gasteiger partial charge in [-0.3, -0.25) is 4.79 Å². The van der Waals surface area contributed by atoms with Crippen molar-refractivity contribution in [3.05, 3.63) is 66.2 Å². The average molecular weight is 282 g/mol. The third-order valence-electron chi connectivity index (χ3n) is 3.17. The fourth-order valence-electron chi connectivity index (χ4n) is 2.01. The number of Topliss-reactive ketones (excluding diaryl/α,β-unsaturated/α-hetero) is 1. The van der Waals surface area contributed by atoms with Crippen LogP contribution in [0.25, 0.3) is 0 Å². The Morgan fingerprint density at radius 3 is 2.57 bits per heavy atom. The van der Waals surface area contributed by atoms with Gasteiger partial charge in [0.2, 0.25) is 0 Å². The molecule has 0 fully saturated rings. The summed E-state index contributed by atoms with van der Waals surface area (Å²) in [7, 11) is 0. The largest absolute Gasteiger partial charge is 0.504 e. The molecule has 0 bridgehead atoms. The first-order chi connectivity index (χ1) is 10.2. The molecule has 0 aromatic heterocycles. The van der Waals surface area contributed by atoms with Crippen LogP contribution in [0.1, 0.15) is 29.3 Å². The van der Waals surface area contributed by atoms with E-state index in [9.17, 15) is 9.90 Å². The predicted molar refractivity (Wildman–Crippen MR) is 83.1 cm³/mol. The van der Waals surface area contributed by atoms with E-state index in [1.807, 2.05) is 19.1 Å². The summed E-state index contributed by atoms with van der Waals surface area (Å²) >= 11 is 0. The number of para-hydroxylation sites is 1. The van der Waals surface area contributed by atoms with Crippen molar-refractivity contribution in [2.24, 2.45) is 0 Å². The lowest BCUT2D eigenvalue weighted by Crippen LogP contribution is -1.96. The van der Waals surface area contributed by atoms with Crippen molar-refractivity contribution < 1.29 is 14.6 Å². The maximum Gasteiger partial charge on any atom is 0.169 e. The van der Waals surface area contributed by atoms with Gasteiger partial charge in [-0.05, 0) is 36.8 Å². The Balaban J connectivity index is 2.20. The highest BCUT2D eigenvalue weighted by Gasteiger charge is 2.09. The van der Waals surface area contributed by atoms with Crippen LogP contribution in [0.15, 0.2) is 55.1 Å². The number of ether oxygens (including phenoxy) is 1. The number of benzene rings is 2. The van der Waals surface area contributed by atoms with Crippen LogP contribution in [0.5, 0.6) is 17.2 Å². The molecule has 2 rings (SSSR count). The third-order valence-corrected chi connectivity index (χ3v) is 3.17. The molecule has 0 unspecified atom stereocenters. The summed E-state index contributed by atoms with van der Waals surface area (Å²) in [5.74, 6) is 1.18. The number of aromatic hydroxyl groups is 1. The van der Waals surface area contributed by atoms with Gasteiger partial charge in [0.25, 0.3) is 0 Å². The van der Waals surface area contributed by atoms with Crippen LogP contribution in [-0.2, 0) is 6.42 Å².